The van der Waals surface area contributed by atoms with Crippen molar-refractivity contribution in [2.24, 2.45) is 5.92 Å². The van der Waals surface area contributed by atoms with Crippen molar-refractivity contribution in [3.8, 4) is 0 Å². The third-order valence-corrected chi connectivity index (χ3v) is 3.68. The zero-order valence-corrected chi connectivity index (χ0v) is 12.3. The van der Waals surface area contributed by atoms with Crippen LogP contribution >= 0.6 is 11.6 Å². The molecule has 2 atom stereocenters. The fourth-order valence-corrected chi connectivity index (χ4v) is 2.50. The van der Waals surface area contributed by atoms with E-state index in [9.17, 15) is 9.59 Å². The van der Waals surface area contributed by atoms with Crippen molar-refractivity contribution in [1.29, 1.82) is 0 Å². The van der Waals surface area contributed by atoms with Gasteiger partial charge in [-0.05, 0) is 23.8 Å². The minimum atomic E-state index is -0.522. The second kappa shape index (κ2) is 6.55. The number of carbonyl (C=O) groups is 2. The average Bonchev–Trinajstić information content (AvgIpc) is 2.50. The lowest BCUT2D eigenvalue weighted by atomic mass is 9.77. The number of hydrogen-bond acceptors (Lipinski definition) is 3. The number of ether oxygens (including phenoxy) is 1. The van der Waals surface area contributed by atoms with Gasteiger partial charge in [0.2, 0.25) is 0 Å². The summed E-state index contributed by atoms with van der Waals surface area (Å²) in [5.74, 6) is -1.53. The Hall–Kier alpha value is -2.13. The van der Waals surface area contributed by atoms with Crippen LogP contribution in [0, 0.1) is 5.92 Å². The van der Waals surface area contributed by atoms with E-state index in [1.54, 1.807) is 42.5 Å². The maximum atomic E-state index is 12.1. The molecule has 1 aromatic carbocycles. The molecule has 0 fully saturated rings. The highest BCUT2D eigenvalue weighted by atomic mass is 35.5. The fourth-order valence-electron chi connectivity index (χ4n) is 2.37. The lowest BCUT2D eigenvalue weighted by Crippen LogP contribution is -2.25. The van der Waals surface area contributed by atoms with Crippen LogP contribution in [0.1, 0.15) is 11.5 Å². The Morgan fingerprint density at radius 3 is 2.52 bits per heavy atom. The Morgan fingerprint density at radius 2 is 1.95 bits per heavy atom. The van der Waals surface area contributed by atoms with Gasteiger partial charge in [0.1, 0.15) is 0 Å². The quantitative estimate of drug-likeness (QED) is 0.632. The van der Waals surface area contributed by atoms with Crippen molar-refractivity contribution in [3.05, 3.63) is 71.3 Å². The Kier molecular flexibility index (Phi) is 4.76. The molecule has 1 aliphatic rings. The van der Waals surface area contributed by atoms with Gasteiger partial charge < -0.3 is 4.74 Å². The van der Waals surface area contributed by atoms with Gasteiger partial charge in [-0.3, -0.25) is 4.79 Å². The van der Waals surface area contributed by atoms with Gasteiger partial charge in [0.15, 0.2) is 5.78 Å². The maximum absolute atomic E-state index is 12.1. The van der Waals surface area contributed by atoms with E-state index in [-0.39, 0.29) is 11.4 Å². The van der Waals surface area contributed by atoms with Gasteiger partial charge in [-0.25, -0.2) is 4.79 Å². The SMILES string of the molecule is C=C(C(=O)OC)C(c1ccc(Cl)cc1)C1C=CC=CC1=O. The monoisotopic (exact) mass is 302 g/mol. The number of rotatable bonds is 4. The first kappa shape index (κ1) is 15.3. The summed E-state index contributed by atoms with van der Waals surface area (Å²) in [6.45, 7) is 3.82. The van der Waals surface area contributed by atoms with Crippen LogP contribution in [-0.4, -0.2) is 18.9 Å². The van der Waals surface area contributed by atoms with E-state index >= 15 is 0 Å². The Morgan fingerprint density at radius 1 is 1.29 bits per heavy atom. The number of hydrogen-bond donors (Lipinski definition) is 0. The molecule has 21 heavy (non-hydrogen) atoms. The number of esters is 1. The van der Waals surface area contributed by atoms with E-state index < -0.39 is 17.8 Å². The smallest absolute Gasteiger partial charge is 0.333 e. The summed E-state index contributed by atoms with van der Waals surface area (Å²) in [5, 5.41) is 0.589. The lowest BCUT2D eigenvalue weighted by Gasteiger charge is -2.25. The molecule has 0 saturated carbocycles. The zero-order chi connectivity index (χ0) is 15.4. The molecule has 0 radical (unpaired) electrons. The molecule has 4 heteroatoms. The molecule has 0 amide bonds. The van der Waals surface area contributed by atoms with E-state index in [2.05, 4.69) is 6.58 Å². The van der Waals surface area contributed by atoms with Crippen LogP contribution in [-0.2, 0) is 14.3 Å². The van der Waals surface area contributed by atoms with Gasteiger partial charge in [0, 0.05) is 16.5 Å². The van der Waals surface area contributed by atoms with Crippen LogP contribution in [0.15, 0.2) is 60.7 Å². The average molecular weight is 303 g/mol. The molecule has 2 unspecified atom stereocenters. The van der Waals surface area contributed by atoms with Gasteiger partial charge in [-0.1, -0.05) is 48.5 Å². The maximum Gasteiger partial charge on any atom is 0.333 e. The second-order valence-corrected chi connectivity index (χ2v) is 5.15. The first-order valence-corrected chi connectivity index (χ1v) is 6.83. The predicted molar refractivity (Wildman–Crippen MR) is 82.1 cm³/mol. The second-order valence-electron chi connectivity index (χ2n) is 4.72. The minimum Gasteiger partial charge on any atom is -0.466 e. The number of allylic oxidation sites excluding steroid dienone is 4. The molecular formula is C17H15ClO3. The molecule has 0 bridgehead atoms. The van der Waals surface area contributed by atoms with E-state index in [1.807, 2.05) is 0 Å². The third kappa shape index (κ3) is 3.31. The fraction of sp³-hybridized carbons (Fsp3) is 0.176. The summed E-state index contributed by atoms with van der Waals surface area (Å²) in [6.07, 6.45) is 6.74. The van der Waals surface area contributed by atoms with Crippen LogP contribution < -0.4 is 0 Å². The van der Waals surface area contributed by atoms with Gasteiger partial charge in [-0.2, -0.15) is 0 Å². The van der Waals surface area contributed by atoms with Crippen molar-refractivity contribution in [3.63, 3.8) is 0 Å². The predicted octanol–water partition coefficient (Wildman–Crippen LogP) is 3.46. The molecule has 2 rings (SSSR count). The van der Waals surface area contributed by atoms with E-state index in [0.29, 0.717) is 5.02 Å². The highest BCUT2D eigenvalue weighted by molar-refractivity contribution is 6.30. The minimum absolute atomic E-state index is 0.0671. The van der Waals surface area contributed by atoms with E-state index in [1.165, 1.54) is 13.2 Å². The van der Waals surface area contributed by atoms with Crippen molar-refractivity contribution < 1.29 is 14.3 Å². The molecule has 0 spiro atoms. The summed E-state index contributed by atoms with van der Waals surface area (Å²) in [4.78, 5) is 24.0. The van der Waals surface area contributed by atoms with Crippen LogP contribution in [0.25, 0.3) is 0 Å². The molecule has 1 aromatic rings. The van der Waals surface area contributed by atoms with Crippen LogP contribution in [0.5, 0.6) is 0 Å². The summed E-state index contributed by atoms with van der Waals surface area (Å²) < 4.78 is 4.75. The van der Waals surface area contributed by atoms with Gasteiger partial charge >= 0.3 is 5.97 Å². The largest absolute Gasteiger partial charge is 0.466 e. The highest BCUT2D eigenvalue weighted by Crippen LogP contribution is 2.35. The van der Waals surface area contributed by atoms with Crippen molar-refractivity contribution in [2.45, 2.75) is 5.92 Å². The first-order valence-electron chi connectivity index (χ1n) is 6.46. The molecule has 0 N–H and O–H groups in total. The zero-order valence-electron chi connectivity index (χ0n) is 11.6. The van der Waals surface area contributed by atoms with E-state index in [0.717, 1.165) is 5.56 Å². The van der Waals surface area contributed by atoms with E-state index in [4.69, 9.17) is 16.3 Å². The first-order chi connectivity index (χ1) is 10.0. The molecule has 0 aliphatic heterocycles. The van der Waals surface area contributed by atoms with Gasteiger partial charge in [0.25, 0.3) is 0 Å². The molecule has 0 saturated heterocycles. The highest BCUT2D eigenvalue weighted by Gasteiger charge is 2.32. The van der Waals surface area contributed by atoms with Crippen LogP contribution in [0.3, 0.4) is 0 Å². The molecule has 1 aliphatic carbocycles. The van der Waals surface area contributed by atoms with Gasteiger partial charge in [0.05, 0.1) is 13.0 Å². The summed E-state index contributed by atoms with van der Waals surface area (Å²) in [5.41, 5.74) is 1.05. The standard InChI is InChI=1S/C17H15ClO3/c1-11(17(20)21-2)16(12-7-9-13(18)10-8-12)14-5-3-4-6-15(14)19/h3-10,14,16H,1H2,2H3. The Balaban J connectivity index is 2.44. The Labute approximate surface area is 128 Å². The normalized spacial score (nSPS) is 18.4. The molecule has 0 aromatic heterocycles. The van der Waals surface area contributed by atoms with Crippen molar-refractivity contribution >= 4 is 23.4 Å². The molecular weight excluding hydrogens is 288 g/mol. The summed E-state index contributed by atoms with van der Waals surface area (Å²) in [7, 11) is 1.30. The van der Waals surface area contributed by atoms with Gasteiger partial charge in [-0.15, -0.1) is 0 Å². The topological polar surface area (TPSA) is 43.4 Å². The lowest BCUT2D eigenvalue weighted by molar-refractivity contribution is -0.136. The van der Waals surface area contributed by atoms with Crippen LogP contribution in [0.4, 0.5) is 0 Å². The molecule has 0 heterocycles. The number of carbonyl (C=O) groups excluding carboxylic acids is 2. The number of methoxy groups -OCH3 is 1. The molecule has 108 valence electrons. The van der Waals surface area contributed by atoms with Crippen molar-refractivity contribution in [1.82, 2.24) is 0 Å². The molecule has 3 nitrogen and oxygen atoms in total. The summed E-state index contributed by atoms with van der Waals surface area (Å²) >= 11 is 5.89. The number of benzene rings is 1. The number of halogens is 1. The number of ketones is 1. The van der Waals surface area contributed by atoms with Crippen molar-refractivity contribution in [2.75, 3.05) is 7.11 Å². The third-order valence-electron chi connectivity index (χ3n) is 3.43. The Bertz CT molecular complexity index is 626. The summed E-state index contributed by atoms with van der Waals surface area (Å²) in [6, 6.07) is 7.03. The van der Waals surface area contributed by atoms with Crippen LogP contribution in [0.2, 0.25) is 5.02 Å².